The summed E-state index contributed by atoms with van der Waals surface area (Å²) in [5.41, 5.74) is 0. The van der Waals surface area contributed by atoms with Crippen LogP contribution < -0.4 is 5.32 Å². The number of thiophene rings is 1. The number of halogens is 1. The number of rotatable bonds is 3. The largest absolute Gasteiger partial charge is 0.317 e. The van der Waals surface area contributed by atoms with Crippen molar-refractivity contribution in [3.8, 4) is 0 Å². The first-order chi connectivity index (χ1) is 8.04. The molecule has 1 aliphatic rings. The smallest absolute Gasteiger partial charge is 0.252 e. The Morgan fingerprint density at radius 3 is 2.53 bits per heavy atom. The highest BCUT2D eigenvalue weighted by Gasteiger charge is 2.29. The van der Waals surface area contributed by atoms with E-state index >= 15 is 0 Å². The molecule has 0 spiro atoms. The van der Waals surface area contributed by atoms with Gasteiger partial charge in [0.05, 0.1) is 3.79 Å². The van der Waals surface area contributed by atoms with Crippen molar-refractivity contribution in [1.29, 1.82) is 0 Å². The lowest BCUT2D eigenvalue weighted by Crippen LogP contribution is -2.43. The minimum Gasteiger partial charge on any atom is -0.317 e. The fourth-order valence-electron chi connectivity index (χ4n) is 1.95. The van der Waals surface area contributed by atoms with Gasteiger partial charge in [0.2, 0.25) is 0 Å². The van der Waals surface area contributed by atoms with Gasteiger partial charge in [0.25, 0.3) is 10.0 Å². The van der Waals surface area contributed by atoms with Crippen molar-refractivity contribution in [2.45, 2.75) is 23.1 Å². The van der Waals surface area contributed by atoms with Gasteiger partial charge >= 0.3 is 0 Å². The number of nitrogens with zero attached hydrogens (tertiary/aromatic N) is 1. The van der Waals surface area contributed by atoms with Crippen LogP contribution >= 0.6 is 27.3 Å². The monoisotopic (exact) mass is 338 g/mol. The summed E-state index contributed by atoms with van der Waals surface area (Å²) in [6, 6.07) is 3.88. The Morgan fingerprint density at radius 1 is 1.41 bits per heavy atom. The van der Waals surface area contributed by atoms with E-state index in [9.17, 15) is 8.42 Å². The lowest BCUT2D eigenvalue weighted by molar-refractivity contribution is 0.299. The molecule has 2 rings (SSSR count). The molecule has 1 N–H and O–H groups in total. The number of hydrogen-bond donors (Lipinski definition) is 1. The Kier molecular flexibility index (Phi) is 4.25. The standard InChI is InChI=1S/C10H15BrN2O2S2/c1-12-8-4-6-13(7-5-8)17(14,15)10-3-2-9(11)16-10/h2-3,8,12H,4-7H2,1H3. The maximum atomic E-state index is 12.3. The van der Waals surface area contributed by atoms with Crippen LogP contribution in [0.15, 0.2) is 20.1 Å². The Labute approximate surface area is 114 Å². The van der Waals surface area contributed by atoms with E-state index in [2.05, 4.69) is 21.2 Å². The lowest BCUT2D eigenvalue weighted by Gasteiger charge is -2.30. The average Bonchev–Trinajstić information content (AvgIpc) is 2.77. The summed E-state index contributed by atoms with van der Waals surface area (Å²) < 4.78 is 27.4. The first kappa shape index (κ1) is 13.5. The topological polar surface area (TPSA) is 49.4 Å². The third kappa shape index (κ3) is 2.90. The second-order valence-corrected chi connectivity index (χ2v) is 8.65. The van der Waals surface area contributed by atoms with Gasteiger partial charge < -0.3 is 5.32 Å². The molecule has 1 aromatic heterocycles. The van der Waals surface area contributed by atoms with Gasteiger partial charge in [-0.25, -0.2) is 8.42 Å². The molecule has 96 valence electrons. The van der Waals surface area contributed by atoms with Crippen LogP contribution in [0.3, 0.4) is 0 Å². The van der Waals surface area contributed by atoms with Gasteiger partial charge in [0, 0.05) is 19.1 Å². The first-order valence-corrected chi connectivity index (χ1v) is 8.52. The molecular formula is C10H15BrN2O2S2. The van der Waals surface area contributed by atoms with Crippen LogP contribution in [-0.4, -0.2) is 38.9 Å². The third-order valence-electron chi connectivity index (χ3n) is 3.00. The number of piperidine rings is 1. The molecule has 0 unspecified atom stereocenters. The summed E-state index contributed by atoms with van der Waals surface area (Å²) in [5, 5.41) is 3.19. The van der Waals surface area contributed by atoms with Gasteiger partial charge in [0.15, 0.2) is 0 Å². The van der Waals surface area contributed by atoms with Gasteiger partial charge in [-0.2, -0.15) is 4.31 Å². The van der Waals surface area contributed by atoms with Gasteiger partial charge in [-0.05, 0) is 48.0 Å². The molecule has 1 aromatic rings. The summed E-state index contributed by atoms with van der Waals surface area (Å²) in [7, 11) is -1.36. The second kappa shape index (κ2) is 5.36. The molecule has 0 bridgehead atoms. The van der Waals surface area contributed by atoms with Crippen LogP contribution in [0.4, 0.5) is 0 Å². The summed E-state index contributed by atoms with van der Waals surface area (Å²) in [4.78, 5) is 0. The predicted molar refractivity (Wildman–Crippen MR) is 72.9 cm³/mol. The maximum Gasteiger partial charge on any atom is 0.252 e. The van der Waals surface area contributed by atoms with Crippen molar-refractivity contribution in [3.05, 3.63) is 15.9 Å². The van der Waals surface area contributed by atoms with Crippen molar-refractivity contribution in [2.75, 3.05) is 20.1 Å². The van der Waals surface area contributed by atoms with E-state index < -0.39 is 10.0 Å². The van der Waals surface area contributed by atoms with E-state index in [0.29, 0.717) is 23.3 Å². The molecule has 0 radical (unpaired) electrons. The Bertz CT molecular complexity index is 478. The maximum absolute atomic E-state index is 12.3. The molecule has 1 saturated heterocycles. The van der Waals surface area contributed by atoms with Crippen LogP contribution in [0, 0.1) is 0 Å². The zero-order valence-corrected chi connectivity index (χ0v) is 12.7. The molecule has 7 heteroatoms. The molecule has 4 nitrogen and oxygen atoms in total. The van der Waals surface area contributed by atoms with Gasteiger partial charge in [-0.1, -0.05) is 0 Å². The van der Waals surface area contributed by atoms with Crippen LogP contribution in [0.1, 0.15) is 12.8 Å². The quantitative estimate of drug-likeness (QED) is 0.915. The van der Waals surface area contributed by atoms with Crippen LogP contribution in [0.2, 0.25) is 0 Å². The molecule has 0 aliphatic carbocycles. The molecule has 0 aromatic carbocycles. The number of nitrogens with one attached hydrogen (secondary N) is 1. The fraction of sp³-hybridized carbons (Fsp3) is 0.600. The van der Waals surface area contributed by atoms with Gasteiger partial charge in [0.1, 0.15) is 4.21 Å². The zero-order chi connectivity index (χ0) is 12.5. The van der Waals surface area contributed by atoms with Crippen molar-refractivity contribution in [2.24, 2.45) is 0 Å². The third-order valence-corrected chi connectivity index (χ3v) is 6.99. The van der Waals surface area contributed by atoms with Crippen LogP contribution in [-0.2, 0) is 10.0 Å². The Hall–Kier alpha value is 0.0500. The number of hydrogen-bond acceptors (Lipinski definition) is 4. The fourth-order valence-corrected chi connectivity index (χ4v) is 5.58. The number of sulfonamides is 1. The van der Waals surface area contributed by atoms with Gasteiger partial charge in [-0.3, -0.25) is 0 Å². The minimum atomic E-state index is -3.28. The van der Waals surface area contributed by atoms with Gasteiger partial charge in [-0.15, -0.1) is 11.3 Å². The van der Waals surface area contributed by atoms with Crippen LogP contribution in [0.5, 0.6) is 0 Å². The van der Waals surface area contributed by atoms with E-state index in [1.54, 1.807) is 16.4 Å². The predicted octanol–water partition coefficient (Wildman–Crippen LogP) is 1.88. The second-order valence-electron chi connectivity index (χ2n) is 4.03. The molecule has 17 heavy (non-hydrogen) atoms. The summed E-state index contributed by atoms with van der Waals surface area (Å²) in [6.07, 6.45) is 1.75. The zero-order valence-electron chi connectivity index (χ0n) is 9.52. The molecular weight excluding hydrogens is 324 g/mol. The molecule has 1 aliphatic heterocycles. The van der Waals surface area contributed by atoms with E-state index in [0.717, 1.165) is 16.6 Å². The van der Waals surface area contributed by atoms with E-state index in [1.807, 2.05) is 7.05 Å². The van der Waals surface area contributed by atoms with Crippen molar-refractivity contribution >= 4 is 37.3 Å². The highest BCUT2D eigenvalue weighted by molar-refractivity contribution is 9.11. The highest BCUT2D eigenvalue weighted by Crippen LogP contribution is 2.29. The van der Waals surface area contributed by atoms with Crippen molar-refractivity contribution < 1.29 is 8.42 Å². The molecule has 1 fully saturated rings. The molecule has 0 atom stereocenters. The summed E-state index contributed by atoms with van der Waals surface area (Å²) >= 11 is 4.56. The Morgan fingerprint density at radius 2 is 2.06 bits per heavy atom. The Balaban J connectivity index is 2.12. The van der Waals surface area contributed by atoms with Crippen LogP contribution in [0.25, 0.3) is 0 Å². The molecule has 0 saturated carbocycles. The normalized spacial score (nSPS) is 19.6. The lowest BCUT2D eigenvalue weighted by atomic mass is 10.1. The van der Waals surface area contributed by atoms with E-state index in [1.165, 1.54) is 11.3 Å². The first-order valence-electron chi connectivity index (χ1n) is 5.47. The SMILES string of the molecule is CNC1CCN(S(=O)(=O)c2ccc(Br)s2)CC1. The van der Waals surface area contributed by atoms with Crippen molar-refractivity contribution in [1.82, 2.24) is 9.62 Å². The van der Waals surface area contributed by atoms with E-state index in [4.69, 9.17) is 0 Å². The summed E-state index contributed by atoms with van der Waals surface area (Å²) in [5.74, 6) is 0. The summed E-state index contributed by atoms with van der Waals surface area (Å²) in [6.45, 7) is 1.20. The highest BCUT2D eigenvalue weighted by atomic mass is 79.9. The minimum absolute atomic E-state index is 0.423. The average molecular weight is 339 g/mol. The van der Waals surface area contributed by atoms with E-state index in [-0.39, 0.29) is 0 Å². The molecule has 0 amide bonds. The van der Waals surface area contributed by atoms with Crippen molar-refractivity contribution in [3.63, 3.8) is 0 Å². The molecule has 2 heterocycles.